The van der Waals surface area contributed by atoms with E-state index in [4.69, 9.17) is 11.6 Å². The number of hydrogen-bond donors (Lipinski definition) is 1. The second-order valence-electron chi connectivity index (χ2n) is 5.34. The fourth-order valence-electron chi connectivity index (χ4n) is 2.09. The van der Waals surface area contributed by atoms with Gasteiger partial charge in [-0.05, 0) is 35.9 Å². The number of hydrogen-bond acceptors (Lipinski definition) is 4. The number of amides is 1. The molecule has 2 aromatic carbocycles. The molecule has 0 aliphatic carbocycles. The lowest BCUT2D eigenvalue weighted by atomic mass is 10.1. The zero-order chi connectivity index (χ0) is 19.4. The summed E-state index contributed by atoms with van der Waals surface area (Å²) in [6.07, 6.45) is -2.94. The van der Waals surface area contributed by atoms with Crippen molar-refractivity contribution >= 4 is 45.6 Å². The molecule has 0 aliphatic rings. The van der Waals surface area contributed by atoms with Crippen molar-refractivity contribution in [3.63, 3.8) is 0 Å². The van der Waals surface area contributed by atoms with Crippen molar-refractivity contribution in [2.45, 2.75) is 6.18 Å². The molecule has 27 heavy (non-hydrogen) atoms. The van der Waals surface area contributed by atoms with Gasteiger partial charge in [0.15, 0.2) is 5.01 Å². The molecule has 0 aliphatic heterocycles. The van der Waals surface area contributed by atoms with E-state index in [0.717, 1.165) is 23.5 Å². The lowest BCUT2D eigenvalue weighted by Crippen LogP contribution is -2.11. The van der Waals surface area contributed by atoms with Crippen LogP contribution in [0.5, 0.6) is 0 Å². The van der Waals surface area contributed by atoms with Crippen LogP contribution < -0.4 is 5.32 Å². The van der Waals surface area contributed by atoms with E-state index < -0.39 is 17.6 Å². The molecule has 9 heteroatoms. The van der Waals surface area contributed by atoms with Gasteiger partial charge in [0.25, 0.3) is 5.91 Å². The SMILES string of the molecule is O=C(Nc1ccccc1)c1nnc(/C(Cl)=C/c2ccc(C(F)(F)F)cc2)s1. The molecule has 1 amide bonds. The zero-order valence-electron chi connectivity index (χ0n) is 13.5. The Morgan fingerprint density at radius 2 is 1.63 bits per heavy atom. The molecule has 138 valence electrons. The van der Waals surface area contributed by atoms with Gasteiger partial charge in [-0.15, -0.1) is 10.2 Å². The predicted molar refractivity (Wildman–Crippen MR) is 99.5 cm³/mol. The minimum absolute atomic E-state index is 0.118. The molecule has 1 N–H and O–H groups in total. The summed E-state index contributed by atoms with van der Waals surface area (Å²) in [6, 6.07) is 13.4. The first-order valence-corrected chi connectivity index (χ1v) is 8.77. The lowest BCUT2D eigenvalue weighted by Gasteiger charge is -2.06. The number of aromatic nitrogens is 2. The van der Waals surface area contributed by atoms with Gasteiger partial charge in [-0.25, -0.2) is 0 Å². The van der Waals surface area contributed by atoms with Crippen LogP contribution in [0.2, 0.25) is 0 Å². The molecule has 3 aromatic rings. The third-order valence-electron chi connectivity index (χ3n) is 3.39. The third kappa shape index (κ3) is 4.93. The minimum Gasteiger partial charge on any atom is -0.320 e. The number of benzene rings is 2. The maximum absolute atomic E-state index is 12.6. The van der Waals surface area contributed by atoms with Crippen LogP contribution in [0.3, 0.4) is 0 Å². The molecular weight excluding hydrogens is 399 g/mol. The van der Waals surface area contributed by atoms with Gasteiger partial charge in [-0.2, -0.15) is 13.2 Å². The quantitative estimate of drug-likeness (QED) is 0.615. The molecular formula is C18H11ClF3N3OS. The van der Waals surface area contributed by atoms with E-state index in [1.165, 1.54) is 18.2 Å². The smallest absolute Gasteiger partial charge is 0.320 e. The molecule has 0 bridgehead atoms. The summed E-state index contributed by atoms with van der Waals surface area (Å²) in [7, 11) is 0. The fourth-order valence-corrected chi connectivity index (χ4v) is 3.02. The molecule has 0 saturated carbocycles. The Hall–Kier alpha value is -2.71. The molecule has 1 aromatic heterocycles. The van der Waals surface area contributed by atoms with E-state index >= 15 is 0 Å². The molecule has 0 fully saturated rings. The maximum Gasteiger partial charge on any atom is 0.416 e. The van der Waals surface area contributed by atoms with Gasteiger partial charge in [0.1, 0.15) is 0 Å². The summed E-state index contributed by atoms with van der Waals surface area (Å²) >= 11 is 7.14. The molecule has 0 atom stereocenters. The van der Waals surface area contributed by atoms with Crippen molar-refractivity contribution in [1.82, 2.24) is 10.2 Å². The number of para-hydroxylation sites is 1. The van der Waals surface area contributed by atoms with Crippen molar-refractivity contribution < 1.29 is 18.0 Å². The Balaban J connectivity index is 1.73. The van der Waals surface area contributed by atoms with Crippen LogP contribution in [0.25, 0.3) is 11.1 Å². The van der Waals surface area contributed by atoms with Gasteiger partial charge in [-0.1, -0.05) is 53.3 Å². The van der Waals surface area contributed by atoms with E-state index in [2.05, 4.69) is 15.5 Å². The monoisotopic (exact) mass is 409 g/mol. The Morgan fingerprint density at radius 1 is 1.00 bits per heavy atom. The first-order valence-electron chi connectivity index (χ1n) is 7.57. The number of nitrogens with one attached hydrogen (secondary N) is 1. The number of rotatable bonds is 4. The molecule has 1 heterocycles. The highest BCUT2D eigenvalue weighted by atomic mass is 35.5. The predicted octanol–water partition coefficient (Wildman–Crippen LogP) is 5.55. The van der Waals surface area contributed by atoms with Gasteiger partial charge in [0, 0.05) is 5.69 Å². The average molecular weight is 410 g/mol. The van der Waals surface area contributed by atoms with Crippen LogP contribution in [0.1, 0.15) is 25.9 Å². The number of carbonyl (C=O) groups excluding carboxylic acids is 1. The maximum atomic E-state index is 12.6. The Kier molecular flexibility index (Phi) is 5.57. The van der Waals surface area contributed by atoms with E-state index in [9.17, 15) is 18.0 Å². The molecule has 4 nitrogen and oxygen atoms in total. The van der Waals surface area contributed by atoms with Crippen molar-refractivity contribution in [3.8, 4) is 0 Å². The van der Waals surface area contributed by atoms with E-state index in [1.807, 2.05) is 6.07 Å². The van der Waals surface area contributed by atoms with Crippen molar-refractivity contribution in [3.05, 3.63) is 75.7 Å². The van der Waals surface area contributed by atoms with Crippen LogP contribution >= 0.6 is 22.9 Å². The lowest BCUT2D eigenvalue weighted by molar-refractivity contribution is -0.137. The summed E-state index contributed by atoms with van der Waals surface area (Å²) in [4.78, 5) is 12.2. The summed E-state index contributed by atoms with van der Waals surface area (Å²) < 4.78 is 37.8. The van der Waals surface area contributed by atoms with Gasteiger partial charge in [-0.3, -0.25) is 4.79 Å². The molecule has 0 spiro atoms. The normalized spacial score (nSPS) is 12.1. The fraction of sp³-hybridized carbons (Fsp3) is 0.0556. The van der Waals surface area contributed by atoms with E-state index in [0.29, 0.717) is 11.3 Å². The van der Waals surface area contributed by atoms with Crippen LogP contribution in [-0.2, 0) is 6.18 Å². The Morgan fingerprint density at radius 3 is 2.26 bits per heavy atom. The van der Waals surface area contributed by atoms with Crippen molar-refractivity contribution in [2.75, 3.05) is 5.32 Å². The van der Waals surface area contributed by atoms with Crippen LogP contribution in [0.15, 0.2) is 54.6 Å². The standard InChI is InChI=1S/C18H11ClF3N3OS/c19-14(10-11-6-8-12(9-7-11)18(20,21)22)16-24-25-17(27-16)15(26)23-13-4-2-1-3-5-13/h1-10H,(H,23,26)/b14-10-. The molecule has 0 radical (unpaired) electrons. The summed E-state index contributed by atoms with van der Waals surface area (Å²) in [5.41, 5.74) is 0.343. The first-order chi connectivity index (χ1) is 12.8. The average Bonchev–Trinajstić information content (AvgIpc) is 3.13. The van der Waals surface area contributed by atoms with Gasteiger partial charge in [0.2, 0.25) is 5.01 Å². The highest BCUT2D eigenvalue weighted by molar-refractivity contribution is 7.15. The van der Waals surface area contributed by atoms with Crippen LogP contribution in [0, 0.1) is 0 Å². The topological polar surface area (TPSA) is 54.9 Å². The highest BCUT2D eigenvalue weighted by Gasteiger charge is 2.29. The van der Waals surface area contributed by atoms with Crippen molar-refractivity contribution in [2.24, 2.45) is 0 Å². The number of carbonyl (C=O) groups is 1. The number of anilines is 1. The van der Waals surface area contributed by atoms with Gasteiger partial charge in [0.05, 0.1) is 10.6 Å². The number of nitrogens with zero attached hydrogens (tertiary/aromatic N) is 2. The third-order valence-corrected chi connectivity index (χ3v) is 4.74. The second kappa shape index (κ2) is 7.89. The Bertz CT molecular complexity index is 970. The Labute approximate surface area is 161 Å². The highest BCUT2D eigenvalue weighted by Crippen LogP contribution is 2.30. The minimum atomic E-state index is -4.40. The second-order valence-corrected chi connectivity index (χ2v) is 6.73. The van der Waals surface area contributed by atoms with Gasteiger partial charge >= 0.3 is 6.18 Å². The summed E-state index contributed by atoms with van der Waals surface area (Å²) in [5.74, 6) is -0.427. The molecule has 0 unspecified atom stereocenters. The summed E-state index contributed by atoms with van der Waals surface area (Å²) in [6.45, 7) is 0. The van der Waals surface area contributed by atoms with Crippen LogP contribution in [0.4, 0.5) is 18.9 Å². The van der Waals surface area contributed by atoms with E-state index in [-0.39, 0.29) is 15.0 Å². The zero-order valence-corrected chi connectivity index (χ0v) is 15.1. The largest absolute Gasteiger partial charge is 0.416 e. The number of alkyl halides is 3. The van der Waals surface area contributed by atoms with Gasteiger partial charge < -0.3 is 5.32 Å². The first kappa shape index (κ1) is 19.1. The molecule has 0 saturated heterocycles. The van der Waals surface area contributed by atoms with Crippen LogP contribution in [-0.4, -0.2) is 16.1 Å². The summed E-state index contributed by atoms with van der Waals surface area (Å²) in [5, 5.41) is 10.9. The van der Waals surface area contributed by atoms with Crippen molar-refractivity contribution in [1.29, 1.82) is 0 Å². The molecule has 3 rings (SSSR count). The van der Waals surface area contributed by atoms with E-state index in [1.54, 1.807) is 24.3 Å². The number of halogens is 4.